The van der Waals surface area contributed by atoms with Gasteiger partial charge in [0.1, 0.15) is 11.4 Å². The Hall–Kier alpha value is -5.86. The molecule has 0 spiro atoms. The number of carbonyl (C=O) groups excluding carboxylic acids is 4. The predicted octanol–water partition coefficient (Wildman–Crippen LogP) is 3.10. The third-order valence-electron chi connectivity index (χ3n) is 9.28. The summed E-state index contributed by atoms with van der Waals surface area (Å²) >= 11 is 0. The van der Waals surface area contributed by atoms with Crippen LogP contribution in [-0.4, -0.2) is 99.7 Å². The molecule has 1 aliphatic carbocycles. The first-order valence-corrected chi connectivity index (χ1v) is 16.1. The number of hydrogen-bond donors (Lipinski definition) is 3. The Morgan fingerprint density at radius 3 is 2.39 bits per heavy atom. The van der Waals surface area contributed by atoms with E-state index in [1.165, 1.54) is 11.9 Å². The number of pyridine rings is 1. The maximum Gasteiger partial charge on any atom is 0.273 e. The number of para-hydroxylation sites is 1. The number of hydrogen-bond acceptors (Lipinski definition) is 10. The fourth-order valence-electron chi connectivity index (χ4n) is 6.30. The van der Waals surface area contributed by atoms with E-state index in [1.807, 2.05) is 36.1 Å². The smallest absolute Gasteiger partial charge is 0.273 e. The van der Waals surface area contributed by atoms with Crippen LogP contribution in [0.3, 0.4) is 0 Å². The Balaban J connectivity index is 1.14. The van der Waals surface area contributed by atoms with Gasteiger partial charge >= 0.3 is 0 Å². The molecule has 5 heterocycles. The Morgan fingerprint density at radius 2 is 1.67 bits per heavy atom. The van der Waals surface area contributed by atoms with E-state index in [0.29, 0.717) is 18.8 Å². The number of fused-ring (bicyclic) bond motifs is 3. The van der Waals surface area contributed by atoms with E-state index < -0.39 is 5.91 Å². The minimum Gasteiger partial charge on any atom is -0.364 e. The summed E-state index contributed by atoms with van der Waals surface area (Å²) in [6.45, 7) is 3.02. The van der Waals surface area contributed by atoms with Gasteiger partial charge in [0.2, 0.25) is 5.91 Å². The lowest BCUT2D eigenvalue weighted by molar-refractivity contribution is -0.117. The fourth-order valence-corrected chi connectivity index (χ4v) is 6.30. The van der Waals surface area contributed by atoms with Crippen molar-refractivity contribution in [1.82, 2.24) is 40.1 Å². The average Bonchev–Trinajstić information content (AvgIpc) is 3.85. The first-order valence-electron chi connectivity index (χ1n) is 16.1. The lowest BCUT2D eigenvalue weighted by Gasteiger charge is -2.42. The van der Waals surface area contributed by atoms with Gasteiger partial charge in [-0.2, -0.15) is 5.10 Å². The summed E-state index contributed by atoms with van der Waals surface area (Å²) in [7, 11) is 6.82. The molecule has 0 bridgehead atoms. The molecule has 0 unspecified atom stereocenters. The summed E-state index contributed by atoms with van der Waals surface area (Å²) in [5.41, 5.74) is 5.57. The molecule has 4 aromatic rings. The Labute approximate surface area is 282 Å². The Morgan fingerprint density at radius 1 is 0.939 bits per heavy atom. The van der Waals surface area contributed by atoms with Crippen molar-refractivity contribution < 1.29 is 19.2 Å². The van der Waals surface area contributed by atoms with Crippen molar-refractivity contribution >= 4 is 46.5 Å². The Bertz CT molecular complexity index is 2000. The van der Waals surface area contributed by atoms with Gasteiger partial charge in [-0.15, -0.1) is 10.2 Å². The molecule has 3 aliphatic rings. The number of likely N-dealkylation sites (tertiary alicyclic amines) is 1. The minimum absolute atomic E-state index is 0.0131. The lowest BCUT2D eigenvalue weighted by Crippen LogP contribution is -2.52. The number of nitrogens with zero attached hydrogens (tertiary/aromatic N) is 8. The standard InChI is InChI=1S/C34H37N11O4/c1-18-29-22(15-36-45(29)20-16-44(17-20)34(49)25-11-7-10-24(38-25)33(48)42(3)4)21-8-6-9-23(30(21)43(18)5)37-26-14-27(39-31(46)19-12-13-19)40-41-28(26)32(47)35-2/h6-11,14-15,18-20H,12-13,16-17H2,1-5H3,(H,35,47)(H2,37,39,40,46)/t18-/m0/s1. The quantitative estimate of drug-likeness (QED) is 0.255. The molecule has 1 atom stereocenters. The van der Waals surface area contributed by atoms with Gasteiger partial charge in [0.15, 0.2) is 11.5 Å². The molecule has 1 saturated heterocycles. The summed E-state index contributed by atoms with van der Waals surface area (Å²) in [5.74, 6) is -0.758. The van der Waals surface area contributed by atoms with Crippen LogP contribution in [0.4, 0.5) is 22.9 Å². The number of aromatic nitrogens is 5. The second kappa shape index (κ2) is 12.3. The van der Waals surface area contributed by atoms with Crippen LogP contribution in [0.1, 0.15) is 69.0 Å². The van der Waals surface area contributed by atoms with Crippen molar-refractivity contribution in [3.8, 4) is 11.1 Å². The van der Waals surface area contributed by atoms with Gasteiger partial charge in [0.05, 0.1) is 41.0 Å². The molecule has 2 aliphatic heterocycles. The van der Waals surface area contributed by atoms with Crippen LogP contribution in [-0.2, 0) is 4.79 Å². The summed E-state index contributed by atoms with van der Waals surface area (Å²) in [6, 6.07) is 12.3. The van der Waals surface area contributed by atoms with Crippen LogP contribution >= 0.6 is 0 Å². The molecule has 252 valence electrons. The van der Waals surface area contributed by atoms with Crippen LogP contribution in [0, 0.1) is 5.92 Å². The SMILES string of the molecule is CNC(=O)c1nnc(NC(=O)C2CC2)cc1Nc1cccc2c1N(C)[C@@H](C)c1c-2cnn1C1CN(C(=O)c2cccc(C(=O)N(C)C)n2)C1. The number of amides is 4. The molecule has 49 heavy (non-hydrogen) atoms. The van der Waals surface area contributed by atoms with Crippen LogP contribution in [0.15, 0.2) is 48.7 Å². The molecule has 4 amide bonds. The van der Waals surface area contributed by atoms with Crippen molar-refractivity contribution in [1.29, 1.82) is 0 Å². The van der Waals surface area contributed by atoms with Gasteiger partial charge in [-0.3, -0.25) is 23.9 Å². The van der Waals surface area contributed by atoms with E-state index in [9.17, 15) is 19.2 Å². The van der Waals surface area contributed by atoms with Gasteiger partial charge in [-0.05, 0) is 38.0 Å². The van der Waals surface area contributed by atoms with Gasteiger partial charge in [-0.1, -0.05) is 18.2 Å². The Kier molecular flexibility index (Phi) is 7.97. The highest BCUT2D eigenvalue weighted by atomic mass is 16.2. The highest BCUT2D eigenvalue weighted by Crippen LogP contribution is 2.49. The molecule has 3 N–H and O–H groups in total. The van der Waals surface area contributed by atoms with E-state index in [-0.39, 0.29) is 58.6 Å². The number of carbonyl (C=O) groups is 4. The molecular weight excluding hydrogens is 626 g/mol. The zero-order chi connectivity index (χ0) is 34.6. The molecule has 15 heteroatoms. The van der Waals surface area contributed by atoms with Crippen LogP contribution in [0.5, 0.6) is 0 Å². The maximum atomic E-state index is 13.3. The third-order valence-corrected chi connectivity index (χ3v) is 9.28. The summed E-state index contributed by atoms with van der Waals surface area (Å²) < 4.78 is 2.01. The van der Waals surface area contributed by atoms with E-state index in [0.717, 1.165) is 41.0 Å². The summed E-state index contributed by atoms with van der Waals surface area (Å²) in [4.78, 5) is 60.5. The maximum absolute atomic E-state index is 13.3. The minimum atomic E-state index is -0.413. The molecule has 0 radical (unpaired) electrons. The lowest BCUT2D eigenvalue weighted by atomic mass is 9.93. The van der Waals surface area contributed by atoms with Crippen molar-refractivity contribution in [2.75, 3.05) is 56.8 Å². The van der Waals surface area contributed by atoms with Crippen LogP contribution in [0.2, 0.25) is 0 Å². The molecule has 3 aromatic heterocycles. The topological polar surface area (TPSA) is 171 Å². The zero-order valence-electron chi connectivity index (χ0n) is 27.9. The molecule has 2 fully saturated rings. The van der Waals surface area contributed by atoms with E-state index in [1.54, 1.807) is 43.3 Å². The van der Waals surface area contributed by atoms with E-state index >= 15 is 0 Å². The summed E-state index contributed by atoms with van der Waals surface area (Å²) in [6.07, 6.45) is 3.56. The summed E-state index contributed by atoms with van der Waals surface area (Å²) in [5, 5.41) is 21.8. The number of rotatable bonds is 8. The van der Waals surface area contributed by atoms with Crippen molar-refractivity contribution in [2.45, 2.75) is 31.8 Å². The molecule has 15 nitrogen and oxygen atoms in total. The van der Waals surface area contributed by atoms with Crippen molar-refractivity contribution in [3.63, 3.8) is 0 Å². The third kappa shape index (κ3) is 5.70. The van der Waals surface area contributed by atoms with E-state index in [4.69, 9.17) is 5.10 Å². The monoisotopic (exact) mass is 663 g/mol. The zero-order valence-corrected chi connectivity index (χ0v) is 27.9. The van der Waals surface area contributed by atoms with Crippen LogP contribution < -0.4 is 20.9 Å². The van der Waals surface area contributed by atoms with Crippen molar-refractivity contribution in [2.24, 2.45) is 5.92 Å². The molecule has 1 aromatic carbocycles. The highest BCUT2D eigenvalue weighted by Gasteiger charge is 2.39. The number of anilines is 4. The van der Waals surface area contributed by atoms with Gasteiger partial charge in [-0.25, -0.2) is 4.98 Å². The fraction of sp³-hybridized carbons (Fsp3) is 0.353. The van der Waals surface area contributed by atoms with Crippen molar-refractivity contribution in [3.05, 3.63) is 71.4 Å². The first kappa shape index (κ1) is 31.7. The van der Waals surface area contributed by atoms with Gasteiger partial charge in [0, 0.05) is 64.4 Å². The largest absolute Gasteiger partial charge is 0.364 e. The number of nitrogens with one attached hydrogen (secondary N) is 3. The van der Waals surface area contributed by atoms with Crippen LogP contribution in [0.25, 0.3) is 11.1 Å². The predicted molar refractivity (Wildman–Crippen MR) is 182 cm³/mol. The normalized spacial score (nSPS) is 16.6. The van der Waals surface area contributed by atoms with Gasteiger partial charge < -0.3 is 30.7 Å². The van der Waals surface area contributed by atoms with E-state index in [2.05, 4.69) is 43.0 Å². The second-order valence-corrected chi connectivity index (χ2v) is 12.8. The molecule has 7 rings (SSSR count). The average molecular weight is 664 g/mol. The highest BCUT2D eigenvalue weighted by molar-refractivity contribution is 6.01. The van der Waals surface area contributed by atoms with Gasteiger partial charge in [0.25, 0.3) is 17.7 Å². The second-order valence-electron chi connectivity index (χ2n) is 12.8. The molecular formula is C34H37N11O4. The number of benzene rings is 1. The molecule has 1 saturated carbocycles. The first-order chi connectivity index (χ1) is 23.5.